The van der Waals surface area contributed by atoms with E-state index in [4.69, 9.17) is 4.99 Å². The lowest BCUT2D eigenvalue weighted by atomic mass is 10.1. The van der Waals surface area contributed by atoms with Gasteiger partial charge < -0.3 is 4.90 Å². The fourth-order valence-corrected chi connectivity index (χ4v) is 5.31. The van der Waals surface area contributed by atoms with E-state index in [0.29, 0.717) is 24.3 Å². The summed E-state index contributed by atoms with van der Waals surface area (Å²) in [5, 5.41) is 0. The number of carbonyl (C=O) groups is 1. The number of carbonyl (C=O) groups excluding carboxylic acids is 1. The predicted octanol–water partition coefficient (Wildman–Crippen LogP) is 5.48. The van der Waals surface area contributed by atoms with Crippen LogP contribution in [-0.2, 0) is 17.1 Å². The quantitative estimate of drug-likeness (QED) is 0.648. The molecule has 1 atom stereocenters. The zero-order valence-electron chi connectivity index (χ0n) is 15.5. The highest BCUT2D eigenvalue weighted by Gasteiger charge is 2.34. The third-order valence-electron chi connectivity index (χ3n) is 5.19. The number of hydrogen-bond acceptors (Lipinski definition) is 4. The molecule has 1 aliphatic carbocycles. The van der Waals surface area contributed by atoms with E-state index in [0.717, 1.165) is 15.8 Å². The van der Waals surface area contributed by atoms with E-state index in [1.54, 1.807) is 23.5 Å². The van der Waals surface area contributed by atoms with Crippen LogP contribution in [0, 0.1) is 5.92 Å². The summed E-state index contributed by atoms with van der Waals surface area (Å²) >= 11 is 3.31. The number of hydrogen-bond donors (Lipinski definition) is 0. The third kappa shape index (κ3) is 4.77. The number of amides is 1. The highest BCUT2D eigenvalue weighted by atomic mass is 32.2. The van der Waals surface area contributed by atoms with Crippen molar-refractivity contribution < 1.29 is 4.79 Å². The fourth-order valence-electron chi connectivity index (χ4n) is 3.36. The number of nitrogens with zero attached hydrogens (tertiary/aromatic N) is 2. The van der Waals surface area contributed by atoms with E-state index in [1.165, 1.54) is 24.0 Å². The van der Waals surface area contributed by atoms with Gasteiger partial charge in [-0.1, -0.05) is 72.1 Å². The molecule has 0 saturated heterocycles. The van der Waals surface area contributed by atoms with Crippen LogP contribution in [0.5, 0.6) is 0 Å². The molecular formula is C22H24N2OS2. The molecule has 5 heteroatoms. The Bertz CT molecular complexity index is 833. The van der Waals surface area contributed by atoms with E-state index >= 15 is 0 Å². The van der Waals surface area contributed by atoms with Crippen molar-refractivity contribution in [1.82, 2.24) is 4.90 Å². The standard InChI is InChI=1S/C22H24N2OS2/c1-16(18-11-12-18)24(13-17-7-3-2-4-8-17)21(25)15-27-22-23-20-10-6-5-9-19(20)14-26-22/h2-10,16,18H,11-15H2,1H3/t16-/m0/s1. The minimum atomic E-state index is 0.213. The van der Waals surface area contributed by atoms with E-state index in [1.807, 2.05) is 30.3 Å². The van der Waals surface area contributed by atoms with Gasteiger partial charge in [0, 0.05) is 18.3 Å². The Morgan fingerprint density at radius 3 is 2.70 bits per heavy atom. The molecule has 0 bridgehead atoms. The Morgan fingerprint density at radius 1 is 1.19 bits per heavy atom. The van der Waals surface area contributed by atoms with Crippen LogP contribution in [0.3, 0.4) is 0 Å². The Labute approximate surface area is 169 Å². The van der Waals surface area contributed by atoms with Gasteiger partial charge in [-0.05, 0) is 42.9 Å². The molecule has 2 aromatic rings. The van der Waals surface area contributed by atoms with Crippen LogP contribution in [0.15, 0.2) is 59.6 Å². The second kappa shape index (κ2) is 8.53. The van der Waals surface area contributed by atoms with Crippen molar-refractivity contribution in [3.05, 3.63) is 65.7 Å². The summed E-state index contributed by atoms with van der Waals surface area (Å²) in [7, 11) is 0. The van der Waals surface area contributed by atoms with Crippen LogP contribution < -0.4 is 0 Å². The van der Waals surface area contributed by atoms with Crippen LogP contribution in [0.1, 0.15) is 30.9 Å². The Kier molecular flexibility index (Phi) is 5.89. The maximum Gasteiger partial charge on any atom is 0.233 e. The van der Waals surface area contributed by atoms with E-state index in [2.05, 4.69) is 36.1 Å². The number of fused-ring (bicyclic) bond motifs is 1. The first-order valence-electron chi connectivity index (χ1n) is 9.46. The third-order valence-corrected chi connectivity index (χ3v) is 7.42. The second-order valence-corrected chi connectivity index (χ2v) is 9.36. The van der Waals surface area contributed by atoms with Crippen molar-refractivity contribution in [1.29, 1.82) is 0 Å². The molecule has 0 radical (unpaired) electrons. The van der Waals surface area contributed by atoms with Crippen molar-refractivity contribution >= 4 is 39.5 Å². The highest BCUT2D eigenvalue weighted by molar-refractivity contribution is 8.38. The van der Waals surface area contributed by atoms with E-state index in [-0.39, 0.29) is 5.91 Å². The molecule has 2 aromatic carbocycles. The number of thioether (sulfide) groups is 2. The molecule has 1 fully saturated rings. The fraction of sp³-hybridized carbons (Fsp3) is 0.364. The molecule has 0 spiro atoms. The van der Waals surface area contributed by atoms with Gasteiger partial charge >= 0.3 is 0 Å². The van der Waals surface area contributed by atoms with Gasteiger partial charge in [-0.25, -0.2) is 4.99 Å². The van der Waals surface area contributed by atoms with Gasteiger partial charge in [0.05, 0.1) is 11.4 Å². The summed E-state index contributed by atoms with van der Waals surface area (Å²) in [4.78, 5) is 19.8. The van der Waals surface area contributed by atoms with Crippen LogP contribution in [0.4, 0.5) is 5.69 Å². The van der Waals surface area contributed by atoms with Crippen molar-refractivity contribution in [3.8, 4) is 0 Å². The van der Waals surface area contributed by atoms with Crippen LogP contribution in [-0.4, -0.2) is 27.0 Å². The summed E-state index contributed by atoms with van der Waals surface area (Å²) in [6.45, 7) is 2.90. The average Bonchev–Trinajstić information content (AvgIpc) is 3.56. The Balaban J connectivity index is 1.42. The summed E-state index contributed by atoms with van der Waals surface area (Å²) in [6, 6.07) is 18.9. The van der Waals surface area contributed by atoms with Crippen LogP contribution >= 0.6 is 23.5 Å². The molecule has 27 heavy (non-hydrogen) atoms. The largest absolute Gasteiger partial charge is 0.335 e. The topological polar surface area (TPSA) is 32.7 Å². The highest BCUT2D eigenvalue weighted by Crippen LogP contribution is 2.37. The molecule has 1 saturated carbocycles. The van der Waals surface area contributed by atoms with Crippen molar-refractivity contribution in [2.24, 2.45) is 10.9 Å². The summed E-state index contributed by atoms with van der Waals surface area (Å²) in [5.41, 5.74) is 3.51. The van der Waals surface area contributed by atoms with Crippen LogP contribution in [0.25, 0.3) is 0 Å². The van der Waals surface area contributed by atoms with Crippen molar-refractivity contribution in [2.75, 3.05) is 5.75 Å². The molecule has 4 rings (SSSR count). The molecule has 1 aliphatic heterocycles. The number of benzene rings is 2. The molecule has 1 heterocycles. The van der Waals surface area contributed by atoms with Gasteiger partial charge in [0.25, 0.3) is 0 Å². The summed E-state index contributed by atoms with van der Waals surface area (Å²) in [6.07, 6.45) is 2.48. The molecule has 2 aliphatic rings. The van der Waals surface area contributed by atoms with Gasteiger partial charge in [-0.2, -0.15) is 0 Å². The molecule has 0 aromatic heterocycles. The Hall–Kier alpha value is -1.72. The first kappa shape index (κ1) is 18.6. The monoisotopic (exact) mass is 396 g/mol. The van der Waals surface area contributed by atoms with Crippen molar-refractivity contribution in [3.63, 3.8) is 0 Å². The second-order valence-electron chi connectivity index (χ2n) is 7.17. The first-order chi connectivity index (χ1) is 13.2. The maximum absolute atomic E-state index is 13.1. The smallest absolute Gasteiger partial charge is 0.233 e. The molecule has 140 valence electrons. The van der Waals surface area contributed by atoms with Crippen molar-refractivity contribution in [2.45, 2.75) is 38.1 Å². The number of aliphatic imine (C=N–C) groups is 1. The lowest BCUT2D eigenvalue weighted by Gasteiger charge is -2.30. The maximum atomic E-state index is 13.1. The molecule has 0 N–H and O–H groups in total. The lowest BCUT2D eigenvalue weighted by molar-refractivity contribution is -0.131. The number of para-hydroxylation sites is 1. The molecular weight excluding hydrogens is 372 g/mol. The van der Waals surface area contributed by atoms with Gasteiger partial charge in [0.1, 0.15) is 4.38 Å². The lowest BCUT2D eigenvalue weighted by Crippen LogP contribution is -2.40. The summed E-state index contributed by atoms with van der Waals surface area (Å²) < 4.78 is 1.00. The van der Waals surface area contributed by atoms with E-state index in [9.17, 15) is 4.79 Å². The minimum absolute atomic E-state index is 0.213. The molecule has 0 unspecified atom stereocenters. The average molecular weight is 397 g/mol. The summed E-state index contributed by atoms with van der Waals surface area (Å²) in [5.74, 6) is 2.27. The normalized spacial score (nSPS) is 17.0. The first-order valence-corrected chi connectivity index (χ1v) is 11.4. The van der Waals surface area contributed by atoms with Gasteiger partial charge in [0.2, 0.25) is 5.91 Å². The Morgan fingerprint density at radius 2 is 1.93 bits per heavy atom. The number of rotatable bonds is 6. The molecule has 1 amide bonds. The van der Waals surface area contributed by atoms with E-state index < -0.39 is 0 Å². The molecule has 3 nitrogen and oxygen atoms in total. The zero-order valence-corrected chi connectivity index (χ0v) is 17.1. The van der Waals surface area contributed by atoms with Crippen LogP contribution in [0.2, 0.25) is 0 Å². The minimum Gasteiger partial charge on any atom is -0.335 e. The SMILES string of the molecule is C[C@@H](C1CC1)N(Cc1ccccc1)C(=O)CSC1=Nc2ccccc2CS1. The predicted molar refractivity (Wildman–Crippen MR) is 116 cm³/mol. The zero-order chi connectivity index (χ0) is 18.6. The van der Waals surface area contributed by atoms with Gasteiger partial charge in [-0.15, -0.1) is 0 Å². The van der Waals surface area contributed by atoms with Gasteiger partial charge in [-0.3, -0.25) is 4.79 Å². The van der Waals surface area contributed by atoms with Gasteiger partial charge in [0.15, 0.2) is 0 Å².